The second-order valence-electron chi connectivity index (χ2n) is 5.02. The van der Waals surface area contributed by atoms with Gasteiger partial charge in [0.25, 0.3) is 0 Å². The molecule has 6 heteroatoms. The highest BCUT2D eigenvalue weighted by molar-refractivity contribution is 5.89. The van der Waals surface area contributed by atoms with Gasteiger partial charge in [0.05, 0.1) is 5.52 Å². The number of anilines is 2. The molecule has 0 radical (unpaired) electrons. The Morgan fingerprint density at radius 1 is 0.955 bits per heavy atom. The van der Waals surface area contributed by atoms with Gasteiger partial charge in [0, 0.05) is 30.9 Å². The van der Waals surface area contributed by atoms with Crippen molar-refractivity contribution in [1.29, 1.82) is 0 Å². The molecule has 0 atom stereocenters. The zero-order valence-electron chi connectivity index (χ0n) is 12.5. The van der Waals surface area contributed by atoms with E-state index in [-0.39, 0.29) is 0 Å². The van der Waals surface area contributed by atoms with Gasteiger partial charge in [-0.05, 0) is 31.5 Å². The fourth-order valence-corrected chi connectivity index (χ4v) is 2.20. The third kappa shape index (κ3) is 3.46. The smallest absolute Gasteiger partial charge is 0.222 e. The maximum absolute atomic E-state index is 4.34. The summed E-state index contributed by atoms with van der Waals surface area (Å²) in [5, 5.41) is 7.61. The molecule has 0 amide bonds. The molecule has 3 rings (SSSR count). The molecule has 6 nitrogen and oxygen atoms in total. The quantitative estimate of drug-likeness (QED) is 0.681. The molecule has 3 aromatic rings. The number of nitrogens with zero attached hydrogens (tertiary/aromatic N) is 4. The van der Waals surface area contributed by atoms with Gasteiger partial charge < -0.3 is 10.6 Å². The number of hydrogen-bond acceptors (Lipinski definition) is 6. The molecule has 112 valence electrons. The largest absolute Gasteiger partial charge is 0.369 e. The molecular weight excluding hydrogens is 276 g/mol. The van der Waals surface area contributed by atoms with Crippen LogP contribution in [0.3, 0.4) is 0 Å². The van der Waals surface area contributed by atoms with Crippen molar-refractivity contribution in [2.45, 2.75) is 13.3 Å². The third-order valence-electron chi connectivity index (χ3n) is 3.29. The maximum Gasteiger partial charge on any atom is 0.222 e. The summed E-state index contributed by atoms with van der Waals surface area (Å²) in [5.74, 6) is 1.54. The summed E-state index contributed by atoms with van der Waals surface area (Å²) in [5.41, 5.74) is 2.16. The minimum absolute atomic E-state index is 0.658. The van der Waals surface area contributed by atoms with Gasteiger partial charge in [-0.3, -0.25) is 0 Å². The number of nitrogens with one attached hydrogen (secondary N) is 2. The van der Waals surface area contributed by atoms with Crippen LogP contribution in [0, 0.1) is 6.92 Å². The highest BCUT2D eigenvalue weighted by Crippen LogP contribution is 2.20. The average molecular weight is 294 g/mol. The van der Waals surface area contributed by atoms with Crippen LogP contribution in [0.2, 0.25) is 0 Å². The van der Waals surface area contributed by atoms with E-state index in [9.17, 15) is 0 Å². The lowest BCUT2D eigenvalue weighted by Crippen LogP contribution is -2.11. The predicted octanol–water partition coefficient (Wildman–Crippen LogP) is 2.64. The molecule has 0 aliphatic rings. The van der Waals surface area contributed by atoms with E-state index < -0.39 is 0 Å². The van der Waals surface area contributed by atoms with Gasteiger partial charge in [0.2, 0.25) is 5.95 Å². The molecule has 0 saturated carbocycles. The Kier molecular flexibility index (Phi) is 4.38. The van der Waals surface area contributed by atoms with E-state index >= 15 is 0 Å². The van der Waals surface area contributed by atoms with Crippen LogP contribution in [0.15, 0.2) is 43.0 Å². The molecule has 2 N–H and O–H groups in total. The summed E-state index contributed by atoms with van der Waals surface area (Å²) in [4.78, 5) is 16.9. The zero-order valence-corrected chi connectivity index (χ0v) is 12.5. The van der Waals surface area contributed by atoms with Crippen molar-refractivity contribution in [3.63, 3.8) is 0 Å². The lowest BCUT2D eigenvalue weighted by Gasteiger charge is -2.09. The first kappa shape index (κ1) is 14.2. The van der Waals surface area contributed by atoms with E-state index in [0.717, 1.165) is 36.2 Å². The third-order valence-corrected chi connectivity index (χ3v) is 3.29. The molecule has 0 spiro atoms. The van der Waals surface area contributed by atoms with Crippen molar-refractivity contribution >= 4 is 22.7 Å². The normalized spacial score (nSPS) is 10.6. The summed E-state index contributed by atoms with van der Waals surface area (Å²) in [7, 11) is 0. The molecule has 0 saturated heterocycles. The van der Waals surface area contributed by atoms with Gasteiger partial charge in [0.1, 0.15) is 12.1 Å². The standard InChI is InChI=1S/C16H18N6/c1-12-4-5-14-13(10-12)15(22-11-21-14)17-6-2-7-18-16-19-8-3-9-20-16/h3-5,8-11H,2,6-7H2,1H3,(H,17,21,22)(H,18,19,20). The number of benzene rings is 1. The Morgan fingerprint density at radius 2 is 1.77 bits per heavy atom. The summed E-state index contributed by atoms with van der Waals surface area (Å²) < 4.78 is 0. The van der Waals surface area contributed by atoms with Crippen molar-refractivity contribution in [2.24, 2.45) is 0 Å². The lowest BCUT2D eigenvalue weighted by molar-refractivity contribution is 0.891. The first-order valence-electron chi connectivity index (χ1n) is 7.29. The van der Waals surface area contributed by atoms with Gasteiger partial charge in [0.15, 0.2) is 0 Å². The second-order valence-corrected chi connectivity index (χ2v) is 5.02. The van der Waals surface area contributed by atoms with Gasteiger partial charge in [-0.25, -0.2) is 19.9 Å². The fourth-order valence-electron chi connectivity index (χ4n) is 2.20. The summed E-state index contributed by atoms with van der Waals surface area (Å²) in [6, 6.07) is 7.98. The van der Waals surface area contributed by atoms with Crippen LogP contribution in [0.1, 0.15) is 12.0 Å². The Labute approximate surface area is 129 Å². The molecule has 2 heterocycles. The maximum atomic E-state index is 4.34. The Morgan fingerprint density at radius 3 is 2.64 bits per heavy atom. The number of aryl methyl sites for hydroxylation is 1. The van der Waals surface area contributed by atoms with Crippen LogP contribution in [0.25, 0.3) is 10.9 Å². The molecule has 0 unspecified atom stereocenters. The van der Waals surface area contributed by atoms with Gasteiger partial charge in [-0.15, -0.1) is 0 Å². The minimum atomic E-state index is 0.658. The van der Waals surface area contributed by atoms with E-state index in [1.165, 1.54) is 5.56 Å². The number of rotatable bonds is 6. The highest BCUT2D eigenvalue weighted by Gasteiger charge is 2.03. The van der Waals surface area contributed by atoms with Crippen LogP contribution >= 0.6 is 0 Å². The monoisotopic (exact) mass is 294 g/mol. The summed E-state index contributed by atoms with van der Waals surface area (Å²) in [6.45, 7) is 3.69. The van der Waals surface area contributed by atoms with Crippen molar-refractivity contribution in [1.82, 2.24) is 19.9 Å². The van der Waals surface area contributed by atoms with Gasteiger partial charge >= 0.3 is 0 Å². The molecule has 22 heavy (non-hydrogen) atoms. The van der Waals surface area contributed by atoms with E-state index in [1.807, 2.05) is 6.07 Å². The van der Waals surface area contributed by atoms with Gasteiger partial charge in [-0.1, -0.05) is 11.6 Å². The first-order chi connectivity index (χ1) is 10.8. The van der Waals surface area contributed by atoms with Crippen LogP contribution in [-0.4, -0.2) is 33.0 Å². The Hall–Kier alpha value is -2.76. The lowest BCUT2D eigenvalue weighted by atomic mass is 10.1. The zero-order chi connectivity index (χ0) is 15.2. The molecule has 0 bridgehead atoms. The number of fused-ring (bicyclic) bond motifs is 1. The predicted molar refractivity (Wildman–Crippen MR) is 87.9 cm³/mol. The summed E-state index contributed by atoms with van der Waals surface area (Å²) >= 11 is 0. The molecule has 2 aromatic heterocycles. The molecule has 0 aliphatic carbocycles. The van der Waals surface area contributed by atoms with Crippen molar-refractivity contribution in [3.05, 3.63) is 48.5 Å². The van der Waals surface area contributed by atoms with Crippen LogP contribution in [-0.2, 0) is 0 Å². The highest BCUT2D eigenvalue weighted by atomic mass is 15.1. The van der Waals surface area contributed by atoms with Crippen LogP contribution < -0.4 is 10.6 Å². The van der Waals surface area contributed by atoms with Gasteiger partial charge in [-0.2, -0.15) is 0 Å². The number of hydrogen-bond donors (Lipinski definition) is 2. The fraction of sp³-hybridized carbons (Fsp3) is 0.250. The van der Waals surface area contributed by atoms with Crippen LogP contribution in [0.5, 0.6) is 0 Å². The van der Waals surface area contributed by atoms with E-state index in [1.54, 1.807) is 24.8 Å². The second kappa shape index (κ2) is 6.80. The minimum Gasteiger partial charge on any atom is -0.369 e. The first-order valence-corrected chi connectivity index (χ1v) is 7.29. The van der Waals surface area contributed by atoms with Crippen molar-refractivity contribution in [3.8, 4) is 0 Å². The van der Waals surface area contributed by atoms with Crippen molar-refractivity contribution < 1.29 is 0 Å². The SMILES string of the molecule is Cc1ccc2ncnc(NCCCNc3ncccn3)c2c1. The molecule has 0 aliphatic heterocycles. The van der Waals surface area contributed by atoms with Crippen molar-refractivity contribution in [2.75, 3.05) is 23.7 Å². The topological polar surface area (TPSA) is 75.6 Å². The molecular formula is C16H18N6. The van der Waals surface area contributed by atoms with E-state index in [4.69, 9.17) is 0 Å². The number of aromatic nitrogens is 4. The molecule has 1 aromatic carbocycles. The summed E-state index contributed by atoms with van der Waals surface area (Å²) in [6.07, 6.45) is 5.98. The Bertz CT molecular complexity index is 744. The average Bonchev–Trinajstić information content (AvgIpc) is 2.56. The van der Waals surface area contributed by atoms with Crippen LogP contribution in [0.4, 0.5) is 11.8 Å². The Balaban J connectivity index is 1.55. The van der Waals surface area contributed by atoms with E-state index in [2.05, 4.69) is 49.6 Å². The molecule has 0 fully saturated rings. The van der Waals surface area contributed by atoms with E-state index in [0.29, 0.717) is 5.95 Å².